The Labute approximate surface area is 207 Å². The fourth-order valence-corrected chi connectivity index (χ4v) is 4.07. The van der Waals surface area contributed by atoms with E-state index >= 15 is 0 Å². The lowest BCUT2D eigenvalue weighted by Crippen LogP contribution is -2.29. The first-order valence-corrected chi connectivity index (χ1v) is 11.6. The van der Waals surface area contributed by atoms with Crippen molar-refractivity contribution >= 4 is 17.8 Å². The van der Waals surface area contributed by atoms with Crippen LogP contribution < -0.4 is 16.2 Å². The van der Waals surface area contributed by atoms with E-state index in [1.807, 2.05) is 30.3 Å². The number of anilines is 1. The van der Waals surface area contributed by atoms with Gasteiger partial charge in [0.05, 0.1) is 23.0 Å². The molecule has 3 aromatic rings. The number of nitrogens with zero attached hydrogens (tertiary/aromatic N) is 2. The molecule has 0 spiro atoms. The van der Waals surface area contributed by atoms with E-state index in [0.29, 0.717) is 36.6 Å². The largest absolute Gasteiger partial charge is 0.419 e. The van der Waals surface area contributed by atoms with E-state index in [-0.39, 0.29) is 11.7 Å². The zero-order valence-corrected chi connectivity index (χ0v) is 19.8. The number of nitrogens with two attached hydrogens (primary N) is 1. The van der Waals surface area contributed by atoms with Crippen molar-refractivity contribution < 1.29 is 22.4 Å². The number of hydrazine groups is 1. The van der Waals surface area contributed by atoms with Gasteiger partial charge in [-0.25, -0.2) is 10.2 Å². The average molecular weight is 501 g/mol. The van der Waals surface area contributed by atoms with Gasteiger partial charge < -0.3 is 5.32 Å². The molecule has 36 heavy (non-hydrogen) atoms. The van der Waals surface area contributed by atoms with Gasteiger partial charge in [0.15, 0.2) is 0 Å². The second kappa shape index (κ2) is 12.3. The maximum absolute atomic E-state index is 14.2. The van der Waals surface area contributed by atoms with Gasteiger partial charge in [-0.3, -0.25) is 14.8 Å². The summed E-state index contributed by atoms with van der Waals surface area (Å²) in [4.78, 5) is 15.3. The number of rotatable bonds is 11. The van der Waals surface area contributed by atoms with Gasteiger partial charge in [0.1, 0.15) is 5.82 Å². The molecule has 0 aliphatic heterocycles. The van der Waals surface area contributed by atoms with E-state index in [9.17, 15) is 22.4 Å². The van der Waals surface area contributed by atoms with Gasteiger partial charge in [-0.15, -0.1) is 0 Å². The molecule has 0 saturated carbocycles. The van der Waals surface area contributed by atoms with Crippen molar-refractivity contribution in [2.45, 2.75) is 44.8 Å². The normalized spacial score (nSPS) is 12.8. The van der Waals surface area contributed by atoms with Gasteiger partial charge in [-0.1, -0.05) is 43.7 Å². The predicted molar refractivity (Wildman–Crippen MR) is 132 cm³/mol. The van der Waals surface area contributed by atoms with Crippen molar-refractivity contribution in [3.05, 3.63) is 101 Å². The van der Waals surface area contributed by atoms with Crippen LogP contribution >= 0.6 is 0 Å². The van der Waals surface area contributed by atoms with Crippen LogP contribution in [0.25, 0.3) is 5.70 Å². The highest BCUT2D eigenvalue weighted by atomic mass is 19.4. The molecule has 0 radical (unpaired) electrons. The van der Waals surface area contributed by atoms with Gasteiger partial charge in [0.2, 0.25) is 6.41 Å². The molecule has 2 aromatic carbocycles. The lowest BCUT2D eigenvalue weighted by Gasteiger charge is -2.24. The summed E-state index contributed by atoms with van der Waals surface area (Å²) in [5, 5.41) is 4.02. The maximum Gasteiger partial charge on any atom is 0.419 e. The van der Waals surface area contributed by atoms with E-state index in [1.165, 1.54) is 0 Å². The van der Waals surface area contributed by atoms with Crippen LogP contribution in [0.3, 0.4) is 0 Å². The molecule has 0 aliphatic carbocycles. The highest BCUT2D eigenvalue weighted by molar-refractivity contribution is 5.78. The minimum atomic E-state index is -4.81. The first-order valence-electron chi connectivity index (χ1n) is 11.6. The minimum Gasteiger partial charge on any atom is -0.352 e. The van der Waals surface area contributed by atoms with Gasteiger partial charge >= 0.3 is 6.18 Å². The minimum absolute atomic E-state index is 0.0550. The molecule has 9 heteroatoms. The Morgan fingerprint density at radius 2 is 1.86 bits per heavy atom. The van der Waals surface area contributed by atoms with Crippen molar-refractivity contribution in [2.24, 2.45) is 5.84 Å². The van der Waals surface area contributed by atoms with Crippen molar-refractivity contribution in [3.63, 3.8) is 0 Å². The van der Waals surface area contributed by atoms with Crippen LogP contribution in [0.15, 0.2) is 73.1 Å². The Morgan fingerprint density at radius 3 is 2.50 bits per heavy atom. The average Bonchev–Trinajstić information content (AvgIpc) is 2.86. The highest BCUT2D eigenvalue weighted by Crippen LogP contribution is 2.34. The van der Waals surface area contributed by atoms with Crippen molar-refractivity contribution in [3.8, 4) is 0 Å². The summed E-state index contributed by atoms with van der Waals surface area (Å²) in [6.07, 6.45) is 3.65. The number of halogens is 4. The lowest BCUT2D eigenvalue weighted by atomic mass is 9.94. The van der Waals surface area contributed by atoms with Crippen LogP contribution in [0.1, 0.15) is 54.5 Å². The molecule has 1 atom stereocenters. The van der Waals surface area contributed by atoms with E-state index < -0.39 is 17.6 Å². The third-order valence-corrected chi connectivity index (χ3v) is 5.78. The van der Waals surface area contributed by atoms with Gasteiger partial charge in [0, 0.05) is 18.0 Å². The van der Waals surface area contributed by atoms with Gasteiger partial charge in [0.25, 0.3) is 0 Å². The zero-order chi connectivity index (χ0) is 26.1. The molecular formula is C27H28F4N4O. The second-order valence-corrected chi connectivity index (χ2v) is 8.22. The van der Waals surface area contributed by atoms with E-state index in [4.69, 9.17) is 5.84 Å². The molecule has 1 aromatic heterocycles. The zero-order valence-electron chi connectivity index (χ0n) is 19.8. The Kier molecular flexibility index (Phi) is 9.19. The molecule has 1 amide bonds. The van der Waals surface area contributed by atoms with Crippen LogP contribution in [0.4, 0.5) is 23.2 Å². The topological polar surface area (TPSA) is 71.2 Å². The first-order chi connectivity index (χ1) is 17.3. The summed E-state index contributed by atoms with van der Waals surface area (Å²) in [6.45, 7) is 2.09. The second-order valence-electron chi connectivity index (χ2n) is 8.22. The number of carbonyl (C=O) groups is 1. The van der Waals surface area contributed by atoms with Crippen LogP contribution in [0, 0.1) is 5.82 Å². The van der Waals surface area contributed by atoms with Crippen molar-refractivity contribution in [2.75, 3.05) is 5.01 Å². The number of benzene rings is 2. The summed E-state index contributed by atoms with van der Waals surface area (Å²) in [5.41, 5.74) is 1.99. The number of allylic oxidation sites excluding steroid dienone is 1. The number of amides is 1. The predicted octanol–water partition coefficient (Wildman–Crippen LogP) is 6.18. The van der Waals surface area contributed by atoms with E-state index in [0.717, 1.165) is 41.1 Å². The standard InChI is InChI=1S/C27H28F4N4O/c1-2-6-19-7-3-4-8-22(19)25(34-18-36)9-5-10-26(20-13-15-33-16-14-20)35(32)21-11-12-23(24(28)17-21)27(29,30)31/h3-4,7-8,10-18,25H,2,5-6,9,32H2,1H3,(H,34,36)/b26-10-. The number of hydrogen-bond acceptors (Lipinski definition) is 4. The molecule has 0 bridgehead atoms. The Bertz CT molecular complexity index is 1180. The number of pyridine rings is 1. The third kappa shape index (κ3) is 6.69. The van der Waals surface area contributed by atoms with Gasteiger partial charge in [-0.05, 0) is 60.7 Å². The molecule has 3 rings (SSSR count). The lowest BCUT2D eigenvalue weighted by molar-refractivity contribution is -0.140. The van der Waals surface area contributed by atoms with Gasteiger partial charge in [-0.2, -0.15) is 13.2 Å². The fourth-order valence-electron chi connectivity index (χ4n) is 4.07. The molecule has 0 saturated heterocycles. The molecule has 0 fully saturated rings. The van der Waals surface area contributed by atoms with Crippen LogP contribution in [0.2, 0.25) is 0 Å². The fraction of sp³-hybridized carbons (Fsp3) is 0.259. The van der Waals surface area contributed by atoms with E-state index in [2.05, 4.69) is 17.2 Å². The Morgan fingerprint density at radius 1 is 1.14 bits per heavy atom. The Hall–Kier alpha value is -3.72. The summed E-state index contributed by atoms with van der Waals surface area (Å²) >= 11 is 0. The number of aromatic nitrogens is 1. The molecule has 1 heterocycles. The van der Waals surface area contributed by atoms with E-state index in [1.54, 1.807) is 24.5 Å². The summed E-state index contributed by atoms with van der Waals surface area (Å²) in [7, 11) is 0. The van der Waals surface area contributed by atoms with Crippen molar-refractivity contribution in [1.29, 1.82) is 0 Å². The smallest absolute Gasteiger partial charge is 0.352 e. The van der Waals surface area contributed by atoms with Crippen LogP contribution in [-0.2, 0) is 17.4 Å². The summed E-state index contributed by atoms with van der Waals surface area (Å²) < 4.78 is 53.2. The highest BCUT2D eigenvalue weighted by Gasteiger charge is 2.34. The number of nitrogens with one attached hydrogen (secondary N) is 1. The SMILES string of the molecule is CCCc1ccccc1C(CC/C=C(/c1ccncc1)N(N)c1ccc(C(F)(F)F)c(F)c1)NC=O. The molecule has 190 valence electrons. The number of hydrogen-bond donors (Lipinski definition) is 2. The quantitative estimate of drug-likeness (QED) is 0.143. The third-order valence-electron chi connectivity index (χ3n) is 5.78. The summed E-state index contributed by atoms with van der Waals surface area (Å²) in [5.74, 6) is 4.86. The monoisotopic (exact) mass is 500 g/mol. The number of carbonyl (C=O) groups excluding carboxylic acids is 1. The maximum atomic E-state index is 14.2. The molecular weight excluding hydrogens is 472 g/mol. The molecule has 3 N–H and O–H groups in total. The molecule has 1 unspecified atom stereocenters. The number of alkyl halides is 3. The van der Waals surface area contributed by atoms with Crippen LogP contribution in [-0.4, -0.2) is 11.4 Å². The molecule has 0 aliphatic rings. The first kappa shape index (κ1) is 26.9. The molecule has 5 nitrogen and oxygen atoms in total. The Balaban J connectivity index is 1.90. The number of aryl methyl sites for hydroxylation is 1. The van der Waals surface area contributed by atoms with Crippen LogP contribution in [0.5, 0.6) is 0 Å². The summed E-state index contributed by atoms with van der Waals surface area (Å²) in [6, 6.07) is 13.6. The van der Waals surface area contributed by atoms with Crippen molar-refractivity contribution in [1.82, 2.24) is 10.3 Å².